The summed E-state index contributed by atoms with van der Waals surface area (Å²) in [6.07, 6.45) is 0.382. The van der Waals surface area contributed by atoms with Crippen molar-refractivity contribution in [2.75, 3.05) is 18.0 Å². The normalized spacial score (nSPS) is 10.3. The highest BCUT2D eigenvalue weighted by Gasteiger charge is 2.13. The first kappa shape index (κ1) is 12.9. The molecule has 1 N–H and O–H groups in total. The number of fused-ring (bicyclic) bond motifs is 1. The minimum Gasteiger partial charge on any atom is -0.478 e. The topological polar surface area (TPSA) is 90.4 Å². The zero-order valence-electron chi connectivity index (χ0n) is 10.5. The van der Waals surface area contributed by atoms with Crippen molar-refractivity contribution in [2.24, 2.45) is 0 Å². The van der Waals surface area contributed by atoms with E-state index in [-0.39, 0.29) is 5.56 Å². The van der Waals surface area contributed by atoms with E-state index in [0.29, 0.717) is 36.6 Å². The molecule has 2 aromatic rings. The lowest BCUT2D eigenvalue weighted by atomic mass is 10.2. The minimum absolute atomic E-state index is 0.162. The number of nitrogens with zero attached hydrogens (tertiary/aromatic N) is 3. The first-order chi connectivity index (χ1) is 9.15. The van der Waals surface area contributed by atoms with Gasteiger partial charge in [-0.15, -0.1) is 0 Å². The van der Waals surface area contributed by atoms with Crippen LogP contribution < -0.4 is 4.90 Å². The summed E-state index contributed by atoms with van der Waals surface area (Å²) in [6.45, 7) is 3.14. The third-order valence-corrected chi connectivity index (χ3v) is 2.77. The maximum absolute atomic E-state index is 10.9. The summed E-state index contributed by atoms with van der Waals surface area (Å²) in [7, 11) is 0. The average Bonchev–Trinajstić information content (AvgIpc) is 2.82. The first-order valence-electron chi connectivity index (χ1n) is 5.91. The van der Waals surface area contributed by atoms with Crippen molar-refractivity contribution < 1.29 is 14.3 Å². The van der Waals surface area contributed by atoms with E-state index in [4.69, 9.17) is 14.8 Å². The fourth-order valence-corrected chi connectivity index (χ4v) is 1.75. The Labute approximate surface area is 109 Å². The van der Waals surface area contributed by atoms with E-state index < -0.39 is 5.97 Å². The molecule has 0 bridgehead atoms. The van der Waals surface area contributed by atoms with Gasteiger partial charge in [-0.05, 0) is 25.1 Å². The van der Waals surface area contributed by atoms with Gasteiger partial charge in [0.05, 0.1) is 18.1 Å². The number of aromatic carboxylic acids is 1. The summed E-state index contributed by atoms with van der Waals surface area (Å²) >= 11 is 0. The molecule has 0 aliphatic rings. The summed E-state index contributed by atoms with van der Waals surface area (Å²) in [6, 6.07) is 7.04. The van der Waals surface area contributed by atoms with Crippen LogP contribution in [-0.2, 0) is 0 Å². The highest BCUT2D eigenvalue weighted by Crippen LogP contribution is 2.23. The Morgan fingerprint density at radius 3 is 3.00 bits per heavy atom. The van der Waals surface area contributed by atoms with Crippen molar-refractivity contribution in [1.82, 2.24) is 4.98 Å². The number of hydrogen-bond donors (Lipinski definition) is 1. The monoisotopic (exact) mass is 259 g/mol. The van der Waals surface area contributed by atoms with Gasteiger partial charge in [-0.1, -0.05) is 0 Å². The van der Waals surface area contributed by atoms with Crippen LogP contribution >= 0.6 is 0 Å². The number of carbonyl (C=O) groups is 1. The van der Waals surface area contributed by atoms with Gasteiger partial charge in [0, 0.05) is 13.1 Å². The molecule has 0 saturated heterocycles. The smallest absolute Gasteiger partial charge is 0.335 e. The molecular formula is C13H13N3O3. The number of oxazole rings is 1. The lowest BCUT2D eigenvalue weighted by Gasteiger charge is -2.15. The first-order valence-corrected chi connectivity index (χ1v) is 5.91. The van der Waals surface area contributed by atoms with Gasteiger partial charge in [-0.2, -0.15) is 10.2 Å². The fourth-order valence-electron chi connectivity index (χ4n) is 1.75. The third kappa shape index (κ3) is 2.65. The van der Waals surface area contributed by atoms with Gasteiger partial charge in [0.25, 0.3) is 6.01 Å². The number of carboxylic acids is 1. The van der Waals surface area contributed by atoms with Crippen LogP contribution in [-0.4, -0.2) is 29.1 Å². The van der Waals surface area contributed by atoms with E-state index in [1.807, 2.05) is 11.8 Å². The van der Waals surface area contributed by atoms with Crippen molar-refractivity contribution in [3.05, 3.63) is 23.8 Å². The number of benzene rings is 1. The summed E-state index contributed by atoms with van der Waals surface area (Å²) in [5.41, 5.74) is 1.20. The Balaban J connectivity index is 2.35. The highest BCUT2D eigenvalue weighted by molar-refractivity contribution is 5.92. The van der Waals surface area contributed by atoms with Gasteiger partial charge in [-0.3, -0.25) is 0 Å². The Bertz CT molecular complexity index is 642. The van der Waals surface area contributed by atoms with E-state index in [1.54, 1.807) is 6.07 Å². The largest absolute Gasteiger partial charge is 0.478 e. The molecule has 1 heterocycles. The van der Waals surface area contributed by atoms with Crippen molar-refractivity contribution in [1.29, 1.82) is 5.26 Å². The second-order valence-corrected chi connectivity index (χ2v) is 3.97. The number of anilines is 1. The van der Waals surface area contributed by atoms with E-state index in [9.17, 15) is 4.79 Å². The van der Waals surface area contributed by atoms with E-state index in [1.165, 1.54) is 12.1 Å². The van der Waals surface area contributed by atoms with Gasteiger partial charge in [-0.25, -0.2) is 4.79 Å². The zero-order valence-corrected chi connectivity index (χ0v) is 10.5. The molecule has 0 unspecified atom stereocenters. The van der Waals surface area contributed by atoms with Crippen LogP contribution in [0.3, 0.4) is 0 Å². The number of hydrogen-bond acceptors (Lipinski definition) is 5. The molecule has 98 valence electrons. The Kier molecular flexibility index (Phi) is 3.66. The van der Waals surface area contributed by atoms with Crippen molar-refractivity contribution in [2.45, 2.75) is 13.3 Å². The van der Waals surface area contributed by atoms with Crippen LogP contribution in [0.5, 0.6) is 0 Å². The van der Waals surface area contributed by atoms with Crippen LogP contribution in [0, 0.1) is 11.3 Å². The van der Waals surface area contributed by atoms with E-state index in [2.05, 4.69) is 11.1 Å². The van der Waals surface area contributed by atoms with Crippen LogP contribution in [0.4, 0.5) is 6.01 Å². The molecule has 1 aromatic heterocycles. The Morgan fingerprint density at radius 1 is 1.58 bits per heavy atom. The van der Waals surface area contributed by atoms with Gasteiger partial charge < -0.3 is 14.4 Å². The second kappa shape index (κ2) is 5.40. The molecular weight excluding hydrogens is 246 g/mol. The molecule has 0 radical (unpaired) electrons. The predicted octanol–water partition coefficient (Wildman–Crippen LogP) is 2.27. The van der Waals surface area contributed by atoms with Crippen LogP contribution in [0.15, 0.2) is 22.6 Å². The van der Waals surface area contributed by atoms with Gasteiger partial charge in [0.2, 0.25) is 0 Å². The molecule has 0 atom stereocenters. The average molecular weight is 259 g/mol. The minimum atomic E-state index is -1.00. The Hall–Kier alpha value is -2.55. The van der Waals surface area contributed by atoms with Crippen LogP contribution in [0.1, 0.15) is 23.7 Å². The second-order valence-electron chi connectivity index (χ2n) is 3.97. The number of nitriles is 1. The molecule has 0 aliphatic carbocycles. The third-order valence-electron chi connectivity index (χ3n) is 2.77. The van der Waals surface area contributed by atoms with Crippen molar-refractivity contribution in [3.8, 4) is 6.07 Å². The van der Waals surface area contributed by atoms with Gasteiger partial charge >= 0.3 is 5.97 Å². The molecule has 6 heteroatoms. The lowest BCUT2D eigenvalue weighted by Crippen LogP contribution is -2.23. The van der Waals surface area contributed by atoms with Gasteiger partial charge in [0.1, 0.15) is 5.52 Å². The maximum Gasteiger partial charge on any atom is 0.335 e. The molecule has 19 heavy (non-hydrogen) atoms. The van der Waals surface area contributed by atoms with Crippen LogP contribution in [0.2, 0.25) is 0 Å². The molecule has 2 rings (SSSR count). The molecule has 0 saturated carbocycles. The fraction of sp³-hybridized carbons (Fsp3) is 0.308. The molecule has 0 amide bonds. The van der Waals surface area contributed by atoms with Crippen molar-refractivity contribution >= 4 is 23.1 Å². The molecule has 0 aliphatic heterocycles. The highest BCUT2D eigenvalue weighted by atomic mass is 16.4. The SMILES string of the molecule is CCN(CCC#N)c1nc2ccc(C(=O)O)cc2o1. The number of carboxylic acid groups (broad SMARTS) is 1. The number of rotatable bonds is 5. The van der Waals surface area contributed by atoms with Crippen molar-refractivity contribution in [3.63, 3.8) is 0 Å². The zero-order chi connectivity index (χ0) is 13.8. The quantitative estimate of drug-likeness (QED) is 0.885. The summed E-state index contributed by atoms with van der Waals surface area (Å²) in [4.78, 5) is 17.0. The number of aromatic nitrogens is 1. The summed E-state index contributed by atoms with van der Waals surface area (Å²) < 4.78 is 5.55. The molecule has 6 nitrogen and oxygen atoms in total. The van der Waals surface area contributed by atoms with Crippen LogP contribution in [0.25, 0.3) is 11.1 Å². The standard InChI is InChI=1S/C13H13N3O3/c1-2-16(7-3-6-14)13-15-10-5-4-9(12(17)18)8-11(10)19-13/h4-5,8H,2-3,7H2,1H3,(H,17,18). The van der Waals surface area contributed by atoms with E-state index in [0.717, 1.165) is 0 Å². The summed E-state index contributed by atoms with van der Waals surface area (Å²) in [5, 5.41) is 17.5. The Morgan fingerprint density at radius 2 is 2.37 bits per heavy atom. The lowest BCUT2D eigenvalue weighted by molar-refractivity contribution is 0.0697. The summed E-state index contributed by atoms with van der Waals surface area (Å²) in [5.74, 6) is -1.00. The van der Waals surface area contributed by atoms with E-state index >= 15 is 0 Å². The maximum atomic E-state index is 10.9. The van der Waals surface area contributed by atoms with Gasteiger partial charge in [0.15, 0.2) is 5.58 Å². The molecule has 1 aromatic carbocycles. The molecule has 0 fully saturated rings. The molecule has 0 spiro atoms. The predicted molar refractivity (Wildman–Crippen MR) is 69.1 cm³/mol.